The topological polar surface area (TPSA) is 3.24 Å². The van der Waals surface area contributed by atoms with Crippen LogP contribution in [0.3, 0.4) is 0 Å². The molecule has 4 bridgehead atoms. The van der Waals surface area contributed by atoms with E-state index in [9.17, 15) is 0 Å². The van der Waals surface area contributed by atoms with Crippen LogP contribution in [0.2, 0.25) is 0 Å². The first-order chi connectivity index (χ1) is 28.2. The predicted molar refractivity (Wildman–Crippen MR) is 237 cm³/mol. The summed E-state index contributed by atoms with van der Waals surface area (Å²) < 4.78 is 0. The lowest BCUT2D eigenvalue weighted by molar-refractivity contribution is -0.0399. The minimum absolute atomic E-state index is 0.0966. The molecule has 278 valence electrons. The number of hydrogen-bond donors (Lipinski definition) is 0. The SMILES string of the molecule is c1cc(-c2cccc3ccccc23)cc(N(c2ccc3c(c2)-c2ccccc2C32C3CC4CC(C3)CC2C4)c2ccc3c(c2)C2(CCCCC2)c2ccccc2-3)c1. The molecule has 1 nitrogen and oxygen atoms in total. The summed E-state index contributed by atoms with van der Waals surface area (Å²) in [5, 5.41) is 2.58. The molecule has 5 saturated carbocycles. The zero-order chi connectivity index (χ0) is 37.3. The van der Waals surface area contributed by atoms with Crippen molar-refractivity contribution in [3.05, 3.63) is 174 Å². The van der Waals surface area contributed by atoms with Crippen LogP contribution in [0.5, 0.6) is 0 Å². The standard InChI is InChI=1S/C56H49N/c1-8-26-55(27-9-1)51-20-6-4-17-47(51)49-24-22-44(35-54(49)55)57(42-15-10-14-39(33-42)46-19-11-13-38-12-2-3-16-45(38)46)43-23-25-53-50(34-43)48-18-5-7-21-52(48)56(53)40-29-36-28-37(31-40)32-41(56)30-36/h2-7,10-25,33-37,40-41H,1,8-9,26-32H2. The first-order valence-corrected chi connectivity index (χ1v) is 22.1. The Hall–Kier alpha value is -5.40. The predicted octanol–water partition coefficient (Wildman–Crippen LogP) is 14.9. The van der Waals surface area contributed by atoms with Gasteiger partial charge < -0.3 is 4.90 Å². The van der Waals surface area contributed by atoms with Crippen molar-refractivity contribution >= 4 is 27.8 Å². The normalized spacial score (nSPS) is 25.4. The van der Waals surface area contributed by atoms with Crippen molar-refractivity contribution in [1.82, 2.24) is 0 Å². The fraction of sp³-hybridized carbons (Fsp3) is 0.286. The average molecular weight is 736 g/mol. The van der Waals surface area contributed by atoms with Gasteiger partial charge in [-0.05, 0) is 171 Å². The molecular formula is C56H49N. The Morgan fingerprint density at radius 1 is 0.404 bits per heavy atom. The van der Waals surface area contributed by atoms with Gasteiger partial charge in [0.2, 0.25) is 0 Å². The molecule has 0 saturated heterocycles. The minimum Gasteiger partial charge on any atom is -0.310 e. The monoisotopic (exact) mass is 735 g/mol. The van der Waals surface area contributed by atoms with Crippen molar-refractivity contribution in [1.29, 1.82) is 0 Å². The van der Waals surface area contributed by atoms with Gasteiger partial charge in [-0.15, -0.1) is 0 Å². The van der Waals surface area contributed by atoms with E-state index in [0.29, 0.717) is 0 Å². The Labute approximate surface area is 337 Å². The molecule has 7 aliphatic rings. The van der Waals surface area contributed by atoms with Crippen LogP contribution in [0.1, 0.15) is 86.5 Å². The molecule has 14 rings (SSSR count). The van der Waals surface area contributed by atoms with Gasteiger partial charge in [0, 0.05) is 27.9 Å². The van der Waals surface area contributed by atoms with Gasteiger partial charge in [-0.25, -0.2) is 0 Å². The highest BCUT2D eigenvalue weighted by Gasteiger charge is 2.61. The molecule has 0 heterocycles. The fourth-order valence-electron chi connectivity index (χ4n) is 14.3. The number of anilines is 3. The first kappa shape index (κ1) is 32.7. The van der Waals surface area contributed by atoms with Crippen molar-refractivity contribution < 1.29 is 0 Å². The third-order valence-electron chi connectivity index (χ3n) is 16.2. The number of fused-ring (bicyclic) bond motifs is 9. The van der Waals surface area contributed by atoms with Crippen LogP contribution in [0, 0.1) is 23.7 Å². The van der Waals surface area contributed by atoms with Crippen molar-refractivity contribution in [2.45, 2.75) is 75.0 Å². The maximum atomic E-state index is 2.60. The van der Waals surface area contributed by atoms with E-state index < -0.39 is 0 Å². The van der Waals surface area contributed by atoms with E-state index in [-0.39, 0.29) is 10.8 Å². The number of rotatable bonds is 4. The zero-order valence-electron chi connectivity index (χ0n) is 32.8. The molecule has 7 aliphatic carbocycles. The lowest BCUT2D eigenvalue weighted by Gasteiger charge is -2.61. The maximum absolute atomic E-state index is 2.60. The third-order valence-corrected chi connectivity index (χ3v) is 16.2. The van der Waals surface area contributed by atoms with Crippen LogP contribution in [-0.4, -0.2) is 0 Å². The number of nitrogens with zero attached hydrogens (tertiary/aromatic N) is 1. The highest BCUT2D eigenvalue weighted by molar-refractivity contribution is 5.98. The van der Waals surface area contributed by atoms with Crippen molar-refractivity contribution in [2.75, 3.05) is 4.90 Å². The van der Waals surface area contributed by atoms with Crippen LogP contribution < -0.4 is 4.90 Å². The number of hydrogen-bond acceptors (Lipinski definition) is 1. The summed E-state index contributed by atoms with van der Waals surface area (Å²) in [5.41, 5.74) is 18.7. The van der Waals surface area contributed by atoms with Crippen LogP contribution >= 0.6 is 0 Å². The molecule has 1 heteroatoms. The lowest BCUT2D eigenvalue weighted by atomic mass is 9.43. The van der Waals surface area contributed by atoms with Crippen LogP contribution in [0.15, 0.2) is 152 Å². The molecule has 57 heavy (non-hydrogen) atoms. The quantitative estimate of drug-likeness (QED) is 0.174. The highest BCUT2D eigenvalue weighted by atomic mass is 15.1. The van der Waals surface area contributed by atoms with Crippen molar-refractivity contribution in [3.63, 3.8) is 0 Å². The second kappa shape index (κ2) is 12.1. The maximum Gasteiger partial charge on any atom is 0.0468 e. The summed E-state index contributed by atoms with van der Waals surface area (Å²) in [6.45, 7) is 0. The molecule has 0 N–H and O–H groups in total. The Morgan fingerprint density at radius 2 is 1.00 bits per heavy atom. The minimum atomic E-state index is 0.0966. The van der Waals surface area contributed by atoms with Crippen molar-refractivity contribution in [3.8, 4) is 33.4 Å². The van der Waals surface area contributed by atoms with Gasteiger partial charge in [-0.1, -0.05) is 135 Å². The smallest absolute Gasteiger partial charge is 0.0468 e. The van der Waals surface area contributed by atoms with Gasteiger partial charge in [-0.3, -0.25) is 0 Å². The molecule has 0 aliphatic heterocycles. The molecule has 7 aromatic rings. The van der Waals surface area contributed by atoms with E-state index in [1.54, 1.807) is 16.7 Å². The van der Waals surface area contributed by atoms with Crippen LogP contribution in [-0.2, 0) is 10.8 Å². The second-order valence-electron chi connectivity index (χ2n) is 18.8. The van der Waals surface area contributed by atoms with Gasteiger partial charge in [0.25, 0.3) is 0 Å². The lowest BCUT2D eigenvalue weighted by Crippen LogP contribution is -2.55. The molecule has 2 spiro atoms. The van der Waals surface area contributed by atoms with Gasteiger partial charge >= 0.3 is 0 Å². The highest BCUT2D eigenvalue weighted by Crippen LogP contribution is 2.69. The van der Waals surface area contributed by atoms with E-state index in [2.05, 4.69) is 157 Å². The summed E-state index contributed by atoms with van der Waals surface area (Å²) in [6, 6.07) is 59.0. The Bertz CT molecular complexity index is 2730. The zero-order valence-corrected chi connectivity index (χ0v) is 32.8. The average Bonchev–Trinajstić information content (AvgIpc) is 3.69. The summed E-state index contributed by atoms with van der Waals surface area (Å²) in [4.78, 5) is 2.60. The van der Waals surface area contributed by atoms with Gasteiger partial charge in [-0.2, -0.15) is 0 Å². The third kappa shape index (κ3) is 4.47. The second-order valence-corrected chi connectivity index (χ2v) is 18.8. The Balaban J connectivity index is 1.02. The molecule has 0 unspecified atom stereocenters. The van der Waals surface area contributed by atoms with E-state index in [0.717, 1.165) is 23.7 Å². The summed E-state index contributed by atoms with van der Waals surface area (Å²) >= 11 is 0. The molecule has 0 atom stereocenters. The molecule has 5 fully saturated rings. The Kier molecular flexibility index (Phi) is 6.91. The van der Waals surface area contributed by atoms with Gasteiger partial charge in [0.15, 0.2) is 0 Å². The molecule has 0 aromatic heterocycles. The first-order valence-electron chi connectivity index (χ1n) is 22.1. The molecule has 0 amide bonds. The van der Waals surface area contributed by atoms with Crippen molar-refractivity contribution in [2.24, 2.45) is 23.7 Å². The summed E-state index contributed by atoms with van der Waals surface area (Å²) in [7, 11) is 0. The molecular weight excluding hydrogens is 687 g/mol. The molecule has 0 radical (unpaired) electrons. The van der Waals surface area contributed by atoms with E-state index >= 15 is 0 Å². The van der Waals surface area contributed by atoms with Gasteiger partial charge in [0.05, 0.1) is 0 Å². The van der Waals surface area contributed by atoms with E-state index in [1.807, 2.05) is 0 Å². The van der Waals surface area contributed by atoms with E-state index in [1.165, 1.54) is 131 Å². The van der Waals surface area contributed by atoms with Gasteiger partial charge in [0.1, 0.15) is 0 Å². The van der Waals surface area contributed by atoms with E-state index in [4.69, 9.17) is 0 Å². The largest absolute Gasteiger partial charge is 0.310 e. The fourth-order valence-corrected chi connectivity index (χ4v) is 14.3. The molecule has 7 aromatic carbocycles. The van der Waals surface area contributed by atoms with Crippen LogP contribution in [0.25, 0.3) is 44.2 Å². The Morgan fingerprint density at radius 3 is 1.82 bits per heavy atom. The summed E-state index contributed by atoms with van der Waals surface area (Å²) in [5.74, 6) is 3.41. The van der Waals surface area contributed by atoms with Crippen LogP contribution in [0.4, 0.5) is 17.1 Å². The number of benzene rings is 7. The summed E-state index contributed by atoms with van der Waals surface area (Å²) in [6.07, 6.45) is 13.5.